The number of aryl methyl sites for hydroxylation is 1. The third kappa shape index (κ3) is 6.52. The molecule has 232 valence electrons. The number of nitrogens with zero attached hydrogens (tertiary/aromatic N) is 3. The van der Waals surface area contributed by atoms with Gasteiger partial charge in [-0.1, -0.05) is 94.8 Å². The van der Waals surface area contributed by atoms with Crippen LogP contribution in [-0.2, 0) is 21.9 Å². The monoisotopic (exact) mass is 691 g/mol. The maximum Gasteiger partial charge on any atom is 0.301 e. The fraction of sp³-hybridized carbons (Fsp3) is 0.118. The average molecular weight is 693 g/mol. The number of ether oxygens (including phenoxy) is 1. The summed E-state index contributed by atoms with van der Waals surface area (Å²) in [4.78, 5) is 28.1. The molecule has 12 heteroatoms. The summed E-state index contributed by atoms with van der Waals surface area (Å²) in [5, 5.41) is 20.9. The second-order valence-electron chi connectivity index (χ2n) is 10.3. The molecule has 1 atom stereocenters. The minimum absolute atomic E-state index is 0.0267. The third-order valence-electron chi connectivity index (χ3n) is 7.40. The van der Waals surface area contributed by atoms with Crippen LogP contribution >= 0.6 is 46.3 Å². The van der Waals surface area contributed by atoms with Crippen molar-refractivity contribution in [2.75, 3.05) is 4.90 Å². The molecule has 0 saturated carbocycles. The first-order valence-corrected chi connectivity index (χ1v) is 16.5. The Morgan fingerprint density at radius 1 is 0.978 bits per heavy atom. The molecule has 1 aliphatic heterocycles. The van der Waals surface area contributed by atoms with Crippen LogP contribution in [0.5, 0.6) is 5.75 Å². The van der Waals surface area contributed by atoms with Crippen molar-refractivity contribution in [3.05, 3.63) is 140 Å². The Morgan fingerprint density at radius 3 is 2.46 bits per heavy atom. The molecule has 0 bridgehead atoms. The maximum absolute atomic E-state index is 15.3. The molecule has 0 radical (unpaired) electrons. The van der Waals surface area contributed by atoms with Crippen LogP contribution in [0.2, 0.25) is 10.0 Å². The lowest BCUT2D eigenvalue weighted by atomic mass is 9.95. The summed E-state index contributed by atoms with van der Waals surface area (Å²) < 4.78 is 21.7. The van der Waals surface area contributed by atoms with E-state index in [1.165, 1.54) is 30.0 Å². The lowest BCUT2D eigenvalue weighted by Crippen LogP contribution is -2.29. The first kappa shape index (κ1) is 31.7. The minimum Gasteiger partial charge on any atom is -0.507 e. The number of rotatable bonds is 9. The number of amides is 1. The number of benzene rings is 4. The number of hydrogen-bond acceptors (Lipinski definition) is 8. The Bertz CT molecular complexity index is 1980. The predicted octanol–water partition coefficient (Wildman–Crippen LogP) is 8.79. The van der Waals surface area contributed by atoms with Crippen LogP contribution < -0.4 is 9.64 Å². The Kier molecular flexibility index (Phi) is 9.42. The molecular formula is C34H24Cl2FN3O4S2. The normalized spacial score (nSPS) is 15.8. The fourth-order valence-corrected chi connectivity index (χ4v) is 7.38. The molecule has 0 spiro atoms. The van der Waals surface area contributed by atoms with E-state index in [0.29, 0.717) is 32.5 Å². The van der Waals surface area contributed by atoms with E-state index in [1.807, 2.05) is 31.2 Å². The zero-order valence-corrected chi connectivity index (χ0v) is 27.3. The number of aliphatic hydroxyl groups excluding tert-OH is 1. The van der Waals surface area contributed by atoms with Gasteiger partial charge in [-0.15, -0.1) is 10.2 Å². The summed E-state index contributed by atoms with van der Waals surface area (Å²) in [7, 11) is 0. The van der Waals surface area contributed by atoms with Crippen molar-refractivity contribution < 1.29 is 23.8 Å². The number of thioether (sulfide) groups is 1. The number of aliphatic hydroxyl groups is 1. The smallest absolute Gasteiger partial charge is 0.301 e. The van der Waals surface area contributed by atoms with E-state index >= 15 is 4.39 Å². The summed E-state index contributed by atoms with van der Waals surface area (Å²) in [5.41, 5.74) is 2.98. The summed E-state index contributed by atoms with van der Waals surface area (Å²) in [6, 6.07) is 24.0. The van der Waals surface area contributed by atoms with Crippen LogP contribution in [0.15, 0.2) is 101 Å². The number of Topliss-reactive ketones (excluding diaryl/α,β-unsaturated/α-hetero) is 1. The molecule has 4 aromatic carbocycles. The lowest BCUT2D eigenvalue weighted by Gasteiger charge is -2.22. The zero-order valence-electron chi connectivity index (χ0n) is 24.1. The van der Waals surface area contributed by atoms with Crippen LogP contribution in [0.4, 0.5) is 9.52 Å². The first-order valence-electron chi connectivity index (χ1n) is 13.9. The highest BCUT2D eigenvalue weighted by atomic mass is 35.5. The summed E-state index contributed by atoms with van der Waals surface area (Å²) in [6.45, 7) is 2.35. The van der Waals surface area contributed by atoms with Crippen LogP contribution in [0.1, 0.15) is 33.9 Å². The molecule has 1 fully saturated rings. The van der Waals surface area contributed by atoms with Gasteiger partial charge in [-0.3, -0.25) is 14.5 Å². The number of hydrogen-bond donors (Lipinski definition) is 1. The minimum atomic E-state index is -1.28. The maximum atomic E-state index is 15.3. The van der Waals surface area contributed by atoms with Crippen LogP contribution in [-0.4, -0.2) is 27.0 Å². The van der Waals surface area contributed by atoms with Gasteiger partial charge in [0.05, 0.1) is 5.57 Å². The van der Waals surface area contributed by atoms with Crippen molar-refractivity contribution in [1.82, 2.24) is 10.2 Å². The number of anilines is 1. The van der Waals surface area contributed by atoms with Gasteiger partial charge in [0.2, 0.25) is 5.13 Å². The molecule has 1 amide bonds. The molecule has 6 rings (SSSR count). The Morgan fingerprint density at radius 2 is 1.72 bits per heavy atom. The second kappa shape index (κ2) is 13.6. The van der Waals surface area contributed by atoms with Gasteiger partial charge in [0.15, 0.2) is 4.34 Å². The van der Waals surface area contributed by atoms with Crippen molar-refractivity contribution in [1.29, 1.82) is 0 Å². The molecular weight excluding hydrogens is 668 g/mol. The van der Waals surface area contributed by atoms with Crippen molar-refractivity contribution >= 4 is 68.9 Å². The van der Waals surface area contributed by atoms with E-state index in [2.05, 4.69) is 10.2 Å². The SMILES string of the molecule is Cc1ccccc1COc1ccc(C(O)=C2C(=O)C(=O)N(c3nnc(SCc4ccc(Cl)cc4Cl)s3)C2c2ccccc2F)cc1. The first-order chi connectivity index (χ1) is 22.2. The van der Waals surface area contributed by atoms with Gasteiger partial charge in [-0.05, 0) is 66.1 Å². The predicted molar refractivity (Wildman–Crippen MR) is 179 cm³/mol. The van der Waals surface area contributed by atoms with Crippen molar-refractivity contribution in [3.8, 4) is 5.75 Å². The van der Waals surface area contributed by atoms with Gasteiger partial charge < -0.3 is 9.84 Å². The Hall–Kier alpha value is -4.22. The largest absolute Gasteiger partial charge is 0.507 e. The van der Waals surface area contributed by atoms with E-state index in [1.54, 1.807) is 48.5 Å². The summed E-state index contributed by atoms with van der Waals surface area (Å²) in [6.07, 6.45) is 0. The van der Waals surface area contributed by atoms with Gasteiger partial charge >= 0.3 is 5.91 Å². The Labute approximate surface area is 282 Å². The molecule has 1 unspecified atom stereocenters. The van der Waals surface area contributed by atoms with Crippen molar-refractivity contribution in [2.24, 2.45) is 0 Å². The molecule has 1 aromatic heterocycles. The quantitative estimate of drug-likeness (QED) is 0.0543. The van der Waals surface area contributed by atoms with E-state index in [0.717, 1.165) is 32.9 Å². The molecule has 1 aliphatic rings. The summed E-state index contributed by atoms with van der Waals surface area (Å²) in [5.74, 6) is -2.03. The standard InChI is InChI=1S/C34H24Cl2FN3O4S2/c1-19-6-2-3-7-21(19)17-44-24-14-11-20(12-15-24)30(41)28-29(25-8-4-5-9-27(25)37)40(32(43)31(28)42)33-38-39-34(46-33)45-18-22-10-13-23(35)16-26(22)36/h2-16,29,41H,17-18H2,1H3. The molecule has 5 aromatic rings. The van der Waals surface area contributed by atoms with Crippen molar-refractivity contribution in [3.63, 3.8) is 0 Å². The number of halogens is 3. The highest BCUT2D eigenvalue weighted by molar-refractivity contribution is 8.00. The van der Waals surface area contributed by atoms with E-state index in [4.69, 9.17) is 27.9 Å². The van der Waals surface area contributed by atoms with Crippen LogP contribution in [0.25, 0.3) is 5.76 Å². The molecule has 2 heterocycles. The molecule has 1 N–H and O–H groups in total. The van der Waals surface area contributed by atoms with Gasteiger partial charge in [-0.25, -0.2) is 4.39 Å². The number of aromatic nitrogens is 2. The number of ketones is 1. The average Bonchev–Trinajstić information content (AvgIpc) is 3.62. The zero-order chi connectivity index (χ0) is 32.4. The van der Waals surface area contributed by atoms with Crippen LogP contribution in [0, 0.1) is 12.7 Å². The molecule has 1 saturated heterocycles. The molecule has 0 aliphatic carbocycles. The highest BCUT2D eigenvalue weighted by Crippen LogP contribution is 2.45. The van der Waals surface area contributed by atoms with E-state index < -0.39 is 29.3 Å². The number of carbonyl (C=O) groups is 2. The third-order valence-corrected chi connectivity index (χ3v) is 10.1. The van der Waals surface area contributed by atoms with Gasteiger partial charge in [0, 0.05) is 26.9 Å². The lowest BCUT2D eigenvalue weighted by molar-refractivity contribution is -0.132. The number of carbonyl (C=O) groups excluding carboxylic acids is 2. The summed E-state index contributed by atoms with van der Waals surface area (Å²) >= 11 is 14.7. The Balaban J connectivity index is 1.30. The van der Waals surface area contributed by atoms with Crippen molar-refractivity contribution in [2.45, 2.75) is 29.7 Å². The van der Waals surface area contributed by atoms with Gasteiger partial charge in [0.1, 0.15) is 30.0 Å². The second-order valence-corrected chi connectivity index (χ2v) is 13.3. The molecule has 7 nitrogen and oxygen atoms in total. The van der Waals surface area contributed by atoms with E-state index in [-0.39, 0.29) is 21.8 Å². The highest BCUT2D eigenvalue weighted by Gasteiger charge is 2.49. The van der Waals surface area contributed by atoms with E-state index in [9.17, 15) is 14.7 Å². The fourth-order valence-electron chi connectivity index (χ4n) is 4.95. The van der Waals surface area contributed by atoms with Gasteiger partial charge in [0.25, 0.3) is 5.78 Å². The topological polar surface area (TPSA) is 92.6 Å². The van der Waals surface area contributed by atoms with Crippen LogP contribution in [0.3, 0.4) is 0 Å². The molecule has 46 heavy (non-hydrogen) atoms. The van der Waals surface area contributed by atoms with Gasteiger partial charge in [-0.2, -0.15) is 0 Å².